The van der Waals surface area contributed by atoms with Crippen LogP contribution in [0.4, 0.5) is 0 Å². The Balaban J connectivity index is 2.23. The first-order chi connectivity index (χ1) is 14.9. The van der Waals surface area contributed by atoms with Crippen molar-refractivity contribution in [1.29, 1.82) is 0 Å². The van der Waals surface area contributed by atoms with Gasteiger partial charge in [-0.1, -0.05) is 37.6 Å². The van der Waals surface area contributed by atoms with Crippen LogP contribution in [-0.2, 0) is 16.1 Å². The number of nitrogens with zero attached hydrogens (tertiary/aromatic N) is 1. The first-order valence-corrected chi connectivity index (χ1v) is 11.3. The van der Waals surface area contributed by atoms with Gasteiger partial charge in [0.2, 0.25) is 5.91 Å². The van der Waals surface area contributed by atoms with E-state index in [2.05, 4.69) is 21.2 Å². The lowest BCUT2D eigenvalue weighted by molar-refractivity contribution is -0.143. The highest BCUT2D eigenvalue weighted by Gasteiger charge is 2.29. The molecule has 6 nitrogen and oxygen atoms in total. The zero-order valence-corrected chi connectivity index (χ0v) is 20.3. The van der Waals surface area contributed by atoms with E-state index in [-0.39, 0.29) is 25.0 Å². The lowest BCUT2D eigenvalue weighted by atomic mass is 10.1. The van der Waals surface area contributed by atoms with Crippen LogP contribution in [-0.4, -0.2) is 43.0 Å². The average molecular weight is 512 g/mol. The molecular formula is C23H28BrClN2O4. The fourth-order valence-electron chi connectivity index (χ4n) is 3.07. The number of carbonyl (C=O) groups excluding carboxylic acids is 2. The van der Waals surface area contributed by atoms with E-state index in [0.717, 1.165) is 12.0 Å². The van der Waals surface area contributed by atoms with Gasteiger partial charge in [0.15, 0.2) is 6.61 Å². The van der Waals surface area contributed by atoms with E-state index in [9.17, 15) is 9.59 Å². The third kappa shape index (κ3) is 7.43. The number of amides is 2. The summed E-state index contributed by atoms with van der Waals surface area (Å²) in [4.78, 5) is 27.5. The Bertz CT molecular complexity index is 894. The number of hydrogen-bond acceptors (Lipinski definition) is 4. The van der Waals surface area contributed by atoms with Crippen molar-refractivity contribution in [3.8, 4) is 11.5 Å². The van der Waals surface area contributed by atoms with Crippen LogP contribution < -0.4 is 14.8 Å². The van der Waals surface area contributed by atoms with Gasteiger partial charge < -0.3 is 19.7 Å². The predicted molar refractivity (Wildman–Crippen MR) is 126 cm³/mol. The summed E-state index contributed by atoms with van der Waals surface area (Å²) in [5, 5.41) is 3.45. The Morgan fingerprint density at radius 2 is 1.97 bits per heavy atom. The van der Waals surface area contributed by atoms with Gasteiger partial charge in [-0.15, -0.1) is 0 Å². The molecule has 0 unspecified atom stereocenters. The fraction of sp³-hybridized carbons (Fsp3) is 0.391. The summed E-state index contributed by atoms with van der Waals surface area (Å²) in [6.45, 7) is 4.49. The minimum Gasteiger partial charge on any atom is -0.497 e. The molecule has 2 rings (SSSR count). The molecule has 0 saturated heterocycles. The van der Waals surface area contributed by atoms with E-state index in [4.69, 9.17) is 21.1 Å². The maximum absolute atomic E-state index is 13.2. The molecule has 0 aliphatic rings. The molecule has 0 saturated carbocycles. The highest BCUT2D eigenvalue weighted by Crippen LogP contribution is 2.28. The van der Waals surface area contributed by atoms with Crippen LogP contribution >= 0.6 is 27.5 Å². The molecule has 2 aromatic rings. The summed E-state index contributed by atoms with van der Waals surface area (Å²) in [6.07, 6.45) is 1.30. The van der Waals surface area contributed by atoms with Gasteiger partial charge in [0.05, 0.1) is 11.6 Å². The summed E-state index contributed by atoms with van der Waals surface area (Å²) in [5.74, 6) is 0.730. The lowest BCUT2D eigenvalue weighted by Crippen LogP contribution is -2.50. The minimum atomic E-state index is -0.609. The number of ether oxygens (including phenoxy) is 2. The summed E-state index contributed by atoms with van der Waals surface area (Å²) < 4.78 is 11.7. The topological polar surface area (TPSA) is 67.9 Å². The largest absolute Gasteiger partial charge is 0.497 e. The van der Waals surface area contributed by atoms with Crippen LogP contribution in [0, 0.1) is 0 Å². The molecule has 1 N–H and O–H groups in total. The molecule has 0 aliphatic heterocycles. The second-order valence-corrected chi connectivity index (χ2v) is 8.24. The van der Waals surface area contributed by atoms with Gasteiger partial charge in [-0.3, -0.25) is 9.59 Å². The number of hydrogen-bond donors (Lipinski definition) is 1. The van der Waals surface area contributed by atoms with Crippen molar-refractivity contribution in [2.75, 3.05) is 20.3 Å². The maximum atomic E-state index is 13.2. The molecule has 0 aromatic heterocycles. The van der Waals surface area contributed by atoms with Gasteiger partial charge >= 0.3 is 0 Å². The lowest BCUT2D eigenvalue weighted by Gasteiger charge is -2.30. The third-order valence-corrected chi connectivity index (χ3v) is 5.52. The normalized spacial score (nSPS) is 11.5. The predicted octanol–water partition coefficient (Wildman–Crippen LogP) is 4.82. The highest BCUT2D eigenvalue weighted by atomic mass is 79.9. The van der Waals surface area contributed by atoms with E-state index < -0.39 is 6.04 Å². The van der Waals surface area contributed by atoms with Crippen molar-refractivity contribution >= 4 is 39.3 Å². The maximum Gasteiger partial charge on any atom is 0.261 e. The summed E-state index contributed by atoms with van der Waals surface area (Å²) >= 11 is 9.35. The second-order valence-electron chi connectivity index (χ2n) is 6.95. The van der Waals surface area contributed by atoms with Crippen LogP contribution in [0.3, 0.4) is 0 Å². The van der Waals surface area contributed by atoms with E-state index in [1.807, 2.05) is 38.1 Å². The molecule has 0 bridgehead atoms. The van der Waals surface area contributed by atoms with Crippen LogP contribution in [0.5, 0.6) is 11.5 Å². The number of nitrogens with one attached hydrogen (secondary N) is 1. The molecule has 8 heteroatoms. The molecule has 2 aromatic carbocycles. The number of halogens is 2. The van der Waals surface area contributed by atoms with Crippen molar-refractivity contribution in [3.05, 3.63) is 57.5 Å². The van der Waals surface area contributed by atoms with Crippen LogP contribution in [0.2, 0.25) is 5.02 Å². The molecule has 2 amide bonds. The van der Waals surface area contributed by atoms with Crippen molar-refractivity contribution in [2.45, 2.75) is 39.3 Å². The standard InChI is InChI=1S/C23H28BrClN2O4/c1-4-11-26-23(29)20(5-2)27(14-16-7-6-8-18(12-16)30-3)22(28)15-31-21-10-9-17(25)13-19(21)24/h6-10,12-13,20H,4-5,11,14-15H2,1-3H3,(H,26,29)/t20-/m0/s1. The monoisotopic (exact) mass is 510 g/mol. The highest BCUT2D eigenvalue weighted by molar-refractivity contribution is 9.10. The smallest absolute Gasteiger partial charge is 0.261 e. The molecule has 0 aliphatic carbocycles. The summed E-state index contributed by atoms with van der Waals surface area (Å²) in [5.41, 5.74) is 0.863. The molecule has 1 atom stereocenters. The van der Waals surface area contributed by atoms with Crippen molar-refractivity contribution in [3.63, 3.8) is 0 Å². The Kier molecular flexibility index (Phi) is 10.1. The van der Waals surface area contributed by atoms with Crippen LogP contribution in [0.25, 0.3) is 0 Å². The molecule has 168 valence electrons. The van der Waals surface area contributed by atoms with Gasteiger partial charge in [-0.2, -0.15) is 0 Å². The zero-order valence-electron chi connectivity index (χ0n) is 18.0. The van der Waals surface area contributed by atoms with Crippen LogP contribution in [0.15, 0.2) is 46.9 Å². The van der Waals surface area contributed by atoms with Crippen molar-refractivity contribution < 1.29 is 19.1 Å². The van der Waals surface area contributed by atoms with Gasteiger partial charge in [0, 0.05) is 18.1 Å². The van der Waals surface area contributed by atoms with E-state index in [1.165, 1.54) is 0 Å². The van der Waals surface area contributed by atoms with Gasteiger partial charge in [-0.05, 0) is 64.7 Å². The Hall–Kier alpha value is -2.25. The quantitative estimate of drug-likeness (QED) is 0.469. The molecular weight excluding hydrogens is 484 g/mol. The van der Waals surface area contributed by atoms with Crippen molar-refractivity contribution in [1.82, 2.24) is 10.2 Å². The number of methoxy groups -OCH3 is 1. The Morgan fingerprint density at radius 3 is 2.61 bits per heavy atom. The molecule has 0 spiro atoms. The van der Waals surface area contributed by atoms with E-state index in [1.54, 1.807) is 30.2 Å². The first kappa shape index (κ1) is 25.0. The number of carbonyl (C=O) groups is 2. The van der Waals surface area contributed by atoms with Gasteiger partial charge in [-0.25, -0.2) is 0 Å². The Morgan fingerprint density at radius 1 is 1.19 bits per heavy atom. The molecule has 0 radical (unpaired) electrons. The van der Waals surface area contributed by atoms with Crippen LogP contribution in [0.1, 0.15) is 32.3 Å². The SMILES string of the molecule is CCCNC(=O)[C@H](CC)N(Cc1cccc(OC)c1)C(=O)COc1ccc(Cl)cc1Br. The summed E-state index contributed by atoms with van der Waals surface area (Å²) in [7, 11) is 1.59. The van der Waals surface area contributed by atoms with Gasteiger partial charge in [0.1, 0.15) is 17.5 Å². The Labute approximate surface area is 197 Å². The van der Waals surface area contributed by atoms with E-state index >= 15 is 0 Å². The van der Waals surface area contributed by atoms with Crippen molar-refractivity contribution in [2.24, 2.45) is 0 Å². The number of rotatable bonds is 11. The molecule has 31 heavy (non-hydrogen) atoms. The average Bonchev–Trinajstić information content (AvgIpc) is 2.76. The van der Waals surface area contributed by atoms with Gasteiger partial charge in [0.25, 0.3) is 5.91 Å². The fourth-order valence-corrected chi connectivity index (χ4v) is 3.86. The molecule has 0 heterocycles. The molecule has 0 fully saturated rings. The van der Waals surface area contributed by atoms with E-state index in [0.29, 0.717) is 34.0 Å². The first-order valence-electron chi connectivity index (χ1n) is 10.2. The third-order valence-electron chi connectivity index (χ3n) is 4.67. The number of benzene rings is 2. The summed E-state index contributed by atoms with van der Waals surface area (Å²) in [6, 6.07) is 11.9. The zero-order chi connectivity index (χ0) is 22.8. The second kappa shape index (κ2) is 12.6. The minimum absolute atomic E-state index is 0.173.